The van der Waals surface area contributed by atoms with Gasteiger partial charge in [0.05, 0.1) is 0 Å². The van der Waals surface area contributed by atoms with Crippen LogP contribution in [-0.4, -0.2) is 10.6 Å². The van der Waals surface area contributed by atoms with Crippen molar-refractivity contribution >= 4 is 10.9 Å². The fraction of sp³-hybridized carbons (Fsp3) is 0.429. The molecule has 0 aliphatic heterocycles. The van der Waals surface area contributed by atoms with Crippen molar-refractivity contribution in [3.05, 3.63) is 36.0 Å². The van der Waals surface area contributed by atoms with Crippen LogP contribution in [0, 0.1) is 0 Å². The first kappa shape index (κ1) is 9.91. The largest absolute Gasteiger partial charge is 0.351 e. The van der Waals surface area contributed by atoms with Crippen LogP contribution in [0.1, 0.15) is 25.3 Å². The van der Waals surface area contributed by atoms with Crippen molar-refractivity contribution in [3.63, 3.8) is 0 Å². The molecule has 2 nitrogen and oxygen atoms in total. The van der Waals surface area contributed by atoms with Crippen molar-refractivity contribution in [2.24, 2.45) is 12.8 Å². The van der Waals surface area contributed by atoms with Crippen LogP contribution in [0.4, 0.5) is 0 Å². The van der Waals surface area contributed by atoms with E-state index >= 15 is 0 Å². The van der Waals surface area contributed by atoms with Gasteiger partial charge in [0.25, 0.3) is 0 Å². The Hall–Kier alpha value is -1.28. The van der Waals surface area contributed by atoms with Gasteiger partial charge in [-0.05, 0) is 37.5 Å². The summed E-state index contributed by atoms with van der Waals surface area (Å²) in [6.45, 7) is 2.13. The van der Waals surface area contributed by atoms with Crippen molar-refractivity contribution in [1.82, 2.24) is 4.57 Å². The van der Waals surface area contributed by atoms with E-state index in [9.17, 15) is 0 Å². The summed E-state index contributed by atoms with van der Waals surface area (Å²) in [6, 6.07) is 9.04. The highest BCUT2D eigenvalue weighted by Crippen LogP contribution is 2.52. The van der Waals surface area contributed by atoms with E-state index in [1.165, 1.54) is 29.3 Å². The summed E-state index contributed by atoms with van der Waals surface area (Å²) in [4.78, 5) is 0. The lowest BCUT2D eigenvalue weighted by Crippen LogP contribution is -2.31. The van der Waals surface area contributed by atoms with Crippen LogP contribution in [0.2, 0.25) is 0 Å². The standard InChI is InChI=1S/C14H18N2/c1-10(15)14(7-8-14)12-4-3-5-13-11(12)6-9-16(13)2/h3-6,9-10H,7-8,15H2,1-2H3. The average Bonchev–Trinajstić information content (AvgIpc) is 3.00. The average molecular weight is 214 g/mol. The summed E-state index contributed by atoms with van der Waals surface area (Å²) in [5, 5.41) is 1.37. The van der Waals surface area contributed by atoms with Gasteiger partial charge in [0.2, 0.25) is 0 Å². The Balaban J connectivity index is 2.25. The van der Waals surface area contributed by atoms with Crippen LogP contribution in [0.5, 0.6) is 0 Å². The van der Waals surface area contributed by atoms with Crippen molar-refractivity contribution in [1.29, 1.82) is 0 Å². The molecule has 1 heterocycles. The molecule has 1 unspecified atom stereocenters. The number of aromatic nitrogens is 1. The van der Waals surface area contributed by atoms with E-state index in [0.717, 1.165) is 0 Å². The number of rotatable bonds is 2. The Kier molecular flexibility index (Phi) is 1.93. The van der Waals surface area contributed by atoms with Gasteiger partial charge in [0.1, 0.15) is 0 Å². The van der Waals surface area contributed by atoms with Gasteiger partial charge in [-0.2, -0.15) is 0 Å². The molecule has 0 bridgehead atoms. The molecule has 1 atom stereocenters. The van der Waals surface area contributed by atoms with Crippen LogP contribution in [-0.2, 0) is 12.5 Å². The zero-order valence-electron chi connectivity index (χ0n) is 9.90. The molecule has 16 heavy (non-hydrogen) atoms. The van der Waals surface area contributed by atoms with E-state index in [1.807, 2.05) is 0 Å². The molecule has 2 heteroatoms. The van der Waals surface area contributed by atoms with Crippen molar-refractivity contribution < 1.29 is 0 Å². The molecule has 0 spiro atoms. The van der Waals surface area contributed by atoms with Crippen molar-refractivity contribution in [2.45, 2.75) is 31.2 Å². The van der Waals surface area contributed by atoms with Crippen LogP contribution in [0.15, 0.2) is 30.5 Å². The van der Waals surface area contributed by atoms with E-state index in [-0.39, 0.29) is 11.5 Å². The molecule has 0 amide bonds. The predicted molar refractivity (Wildman–Crippen MR) is 67.5 cm³/mol. The summed E-state index contributed by atoms with van der Waals surface area (Å²) in [6.07, 6.45) is 4.60. The highest BCUT2D eigenvalue weighted by atomic mass is 14.9. The Morgan fingerprint density at radius 2 is 2.06 bits per heavy atom. The molecule has 1 aromatic heterocycles. The molecule has 1 fully saturated rings. The Bertz CT molecular complexity index is 533. The lowest BCUT2D eigenvalue weighted by molar-refractivity contribution is 0.560. The lowest BCUT2D eigenvalue weighted by Gasteiger charge is -2.21. The number of benzene rings is 1. The Morgan fingerprint density at radius 1 is 1.31 bits per heavy atom. The van der Waals surface area contributed by atoms with Gasteiger partial charge in [-0.15, -0.1) is 0 Å². The predicted octanol–water partition coefficient (Wildman–Crippen LogP) is 2.56. The van der Waals surface area contributed by atoms with E-state index in [2.05, 4.69) is 49.0 Å². The number of aryl methyl sites for hydroxylation is 1. The molecule has 0 radical (unpaired) electrons. The first-order chi connectivity index (χ1) is 7.65. The van der Waals surface area contributed by atoms with Crippen LogP contribution >= 0.6 is 0 Å². The fourth-order valence-electron chi connectivity index (χ4n) is 2.84. The third-order valence-electron chi connectivity index (χ3n) is 4.12. The topological polar surface area (TPSA) is 30.9 Å². The van der Waals surface area contributed by atoms with E-state index in [1.54, 1.807) is 0 Å². The number of hydrogen-bond acceptors (Lipinski definition) is 1. The molecule has 1 aromatic carbocycles. The van der Waals surface area contributed by atoms with Gasteiger partial charge in [-0.25, -0.2) is 0 Å². The third kappa shape index (κ3) is 1.17. The first-order valence-electron chi connectivity index (χ1n) is 5.95. The minimum atomic E-state index is 0.248. The summed E-state index contributed by atoms with van der Waals surface area (Å²) in [5.74, 6) is 0. The maximum atomic E-state index is 6.16. The van der Waals surface area contributed by atoms with E-state index in [4.69, 9.17) is 5.73 Å². The normalized spacial score (nSPS) is 19.9. The molecular formula is C14H18N2. The highest BCUT2D eigenvalue weighted by molar-refractivity contribution is 5.85. The van der Waals surface area contributed by atoms with E-state index in [0.29, 0.717) is 0 Å². The summed E-state index contributed by atoms with van der Waals surface area (Å²) < 4.78 is 2.18. The summed E-state index contributed by atoms with van der Waals surface area (Å²) in [7, 11) is 2.09. The molecular weight excluding hydrogens is 196 g/mol. The molecule has 2 N–H and O–H groups in total. The summed E-state index contributed by atoms with van der Waals surface area (Å²) >= 11 is 0. The number of hydrogen-bond donors (Lipinski definition) is 1. The number of fused-ring (bicyclic) bond motifs is 1. The van der Waals surface area contributed by atoms with Gasteiger partial charge in [0.15, 0.2) is 0 Å². The maximum Gasteiger partial charge on any atom is 0.0480 e. The molecule has 0 saturated heterocycles. The molecule has 1 aliphatic rings. The zero-order valence-corrected chi connectivity index (χ0v) is 9.90. The van der Waals surface area contributed by atoms with Crippen LogP contribution in [0.3, 0.4) is 0 Å². The molecule has 2 aromatic rings. The van der Waals surface area contributed by atoms with Crippen LogP contribution < -0.4 is 5.73 Å². The second-order valence-electron chi connectivity index (χ2n) is 5.11. The Morgan fingerprint density at radius 3 is 2.69 bits per heavy atom. The SMILES string of the molecule is CC(N)C1(c2cccc3c2ccn3C)CC1. The third-order valence-corrected chi connectivity index (χ3v) is 4.12. The van der Waals surface area contributed by atoms with E-state index < -0.39 is 0 Å². The zero-order chi connectivity index (χ0) is 11.3. The second-order valence-corrected chi connectivity index (χ2v) is 5.11. The monoisotopic (exact) mass is 214 g/mol. The number of nitrogens with two attached hydrogens (primary N) is 1. The number of nitrogens with zero attached hydrogens (tertiary/aromatic N) is 1. The van der Waals surface area contributed by atoms with Gasteiger partial charge in [-0.3, -0.25) is 0 Å². The lowest BCUT2D eigenvalue weighted by atomic mass is 9.87. The van der Waals surface area contributed by atoms with Gasteiger partial charge >= 0.3 is 0 Å². The first-order valence-corrected chi connectivity index (χ1v) is 5.95. The Labute approximate surface area is 96.1 Å². The molecule has 1 saturated carbocycles. The molecule has 3 rings (SSSR count). The second kappa shape index (κ2) is 3.11. The smallest absolute Gasteiger partial charge is 0.0480 e. The van der Waals surface area contributed by atoms with Gasteiger partial charge < -0.3 is 10.3 Å². The van der Waals surface area contributed by atoms with Gasteiger partial charge in [0, 0.05) is 35.6 Å². The fourth-order valence-corrected chi connectivity index (χ4v) is 2.84. The minimum Gasteiger partial charge on any atom is -0.351 e. The quantitative estimate of drug-likeness (QED) is 0.818. The van der Waals surface area contributed by atoms with Crippen LogP contribution in [0.25, 0.3) is 10.9 Å². The molecule has 1 aliphatic carbocycles. The molecule has 84 valence electrons. The highest BCUT2D eigenvalue weighted by Gasteiger charge is 2.48. The maximum absolute atomic E-state index is 6.16. The van der Waals surface area contributed by atoms with Crippen molar-refractivity contribution in [3.8, 4) is 0 Å². The van der Waals surface area contributed by atoms with Gasteiger partial charge in [-0.1, -0.05) is 12.1 Å². The summed E-state index contributed by atoms with van der Waals surface area (Å²) in [5.41, 5.74) is 9.16. The van der Waals surface area contributed by atoms with Crippen molar-refractivity contribution in [2.75, 3.05) is 0 Å². The minimum absolute atomic E-state index is 0.248.